The Morgan fingerprint density at radius 2 is 2.55 bits per heavy atom. The second-order valence-electron chi connectivity index (χ2n) is 2.41. The van der Waals surface area contributed by atoms with Crippen LogP contribution in [0, 0.1) is 0 Å². The maximum atomic E-state index is 5.86. The van der Waals surface area contributed by atoms with E-state index in [4.69, 9.17) is 11.6 Å². The van der Waals surface area contributed by atoms with Crippen LogP contribution in [0.4, 0.5) is 0 Å². The van der Waals surface area contributed by atoms with Gasteiger partial charge in [0.05, 0.1) is 10.9 Å². The van der Waals surface area contributed by atoms with Gasteiger partial charge in [-0.3, -0.25) is 4.98 Å². The third-order valence-corrected chi connectivity index (χ3v) is 2.52. The minimum atomic E-state index is 0.108. The van der Waals surface area contributed by atoms with Crippen LogP contribution in [0.1, 0.15) is 18.7 Å². The van der Waals surface area contributed by atoms with E-state index in [0.717, 1.165) is 4.88 Å². The smallest absolute Gasteiger partial charge is 0.0797 e. The van der Waals surface area contributed by atoms with E-state index in [0.29, 0.717) is 0 Å². The van der Waals surface area contributed by atoms with Crippen molar-refractivity contribution in [2.45, 2.75) is 19.2 Å². The molecule has 0 amide bonds. The van der Waals surface area contributed by atoms with Gasteiger partial charge in [-0.1, -0.05) is 5.57 Å². The second kappa shape index (κ2) is 3.88. The monoisotopic (exact) mass is 187 g/mol. The lowest BCUT2D eigenvalue weighted by atomic mass is 10.2. The van der Waals surface area contributed by atoms with Crippen molar-refractivity contribution in [2.24, 2.45) is 0 Å². The van der Waals surface area contributed by atoms with Gasteiger partial charge in [0, 0.05) is 11.1 Å². The average Bonchev–Trinajstić information content (AvgIpc) is 2.39. The molecule has 0 aromatic carbocycles. The zero-order chi connectivity index (χ0) is 8.27. The summed E-state index contributed by atoms with van der Waals surface area (Å²) in [6.45, 7) is 3.99. The predicted octanol–water partition coefficient (Wildman–Crippen LogP) is 3.17. The Morgan fingerprint density at radius 1 is 1.82 bits per heavy atom. The summed E-state index contributed by atoms with van der Waals surface area (Å²) in [5.74, 6) is 0. The molecule has 0 aliphatic carbocycles. The predicted molar refractivity (Wildman–Crippen MR) is 51.1 cm³/mol. The number of halogens is 1. The maximum absolute atomic E-state index is 5.86. The van der Waals surface area contributed by atoms with Crippen molar-refractivity contribution in [3.05, 3.63) is 22.2 Å². The Bertz CT molecular complexity index is 239. The molecule has 0 bridgehead atoms. The Balaban J connectivity index is 2.74. The van der Waals surface area contributed by atoms with Crippen molar-refractivity contribution in [1.82, 2.24) is 4.98 Å². The molecule has 1 rings (SSSR count). The first-order valence-electron chi connectivity index (χ1n) is 3.41. The minimum Gasteiger partial charge on any atom is -0.253 e. The third-order valence-electron chi connectivity index (χ3n) is 1.45. The topological polar surface area (TPSA) is 12.9 Å². The summed E-state index contributed by atoms with van der Waals surface area (Å²) < 4.78 is 0. The summed E-state index contributed by atoms with van der Waals surface area (Å²) in [4.78, 5) is 5.13. The highest BCUT2D eigenvalue weighted by atomic mass is 35.5. The van der Waals surface area contributed by atoms with E-state index >= 15 is 0 Å². The van der Waals surface area contributed by atoms with Crippen molar-refractivity contribution in [2.75, 3.05) is 0 Å². The molecule has 1 aromatic heterocycles. The number of hydrogen-bond acceptors (Lipinski definition) is 2. The summed E-state index contributed by atoms with van der Waals surface area (Å²) in [7, 11) is 0. The standard InChI is InChI=1S/C8H10ClNS/c1-6(7(2)9)3-8-4-10-5-11-8/h3-5,7H,1-2H3/b6-3+. The third kappa shape index (κ3) is 2.64. The SMILES string of the molecule is C/C(=C\c1cncs1)C(C)Cl. The summed E-state index contributed by atoms with van der Waals surface area (Å²) in [6.07, 6.45) is 3.91. The molecule has 0 aliphatic heterocycles. The van der Waals surface area contributed by atoms with Gasteiger partial charge in [0.2, 0.25) is 0 Å². The molecular weight excluding hydrogens is 178 g/mol. The van der Waals surface area contributed by atoms with Gasteiger partial charge in [-0.15, -0.1) is 22.9 Å². The van der Waals surface area contributed by atoms with Crippen LogP contribution in [-0.2, 0) is 0 Å². The highest BCUT2D eigenvalue weighted by molar-refractivity contribution is 7.10. The number of rotatable bonds is 2. The number of thiazole rings is 1. The normalized spacial score (nSPS) is 15.0. The lowest BCUT2D eigenvalue weighted by molar-refractivity contribution is 1.12. The van der Waals surface area contributed by atoms with E-state index in [1.807, 2.05) is 25.6 Å². The van der Waals surface area contributed by atoms with Crippen LogP contribution in [0.25, 0.3) is 6.08 Å². The van der Waals surface area contributed by atoms with E-state index < -0.39 is 0 Å². The van der Waals surface area contributed by atoms with Gasteiger partial charge in [0.1, 0.15) is 0 Å². The van der Waals surface area contributed by atoms with E-state index in [1.54, 1.807) is 11.3 Å². The molecule has 0 radical (unpaired) electrons. The van der Waals surface area contributed by atoms with E-state index in [1.165, 1.54) is 5.57 Å². The largest absolute Gasteiger partial charge is 0.253 e. The molecule has 60 valence electrons. The van der Waals surface area contributed by atoms with Crippen molar-refractivity contribution in [3.63, 3.8) is 0 Å². The van der Waals surface area contributed by atoms with Crippen LogP contribution < -0.4 is 0 Å². The molecule has 11 heavy (non-hydrogen) atoms. The lowest BCUT2D eigenvalue weighted by Crippen LogP contribution is -1.90. The first kappa shape index (κ1) is 8.75. The summed E-state index contributed by atoms with van der Waals surface area (Å²) in [5, 5.41) is 0.108. The summed E-state index contributed by atoms with van der Waals surface area (Å²) >= 11 is 7.48. The van der Waals surface area contributed by atoms with Crippen molar-refractivity contribution in [3.8, 4) is 0 Å². The van der Waals surface area contributed by atoms with Gasteiger partial charge in [-0.25, -0.2) is 0 Å². The second-order valence-corrected chi connectivity index (χ2v) is 3.98. The average molecular weight is 188 g/mol. The first-order chi connectivity index (χ1) is 5.20. The molecule has 0 spiro atoms. The summed E-state index contributed by atoms with van der Waals surface area (Å²) in [5.41, 5.74) is 2.99. The first-order valence-corrected chi connectivity index (χ1v) is 4.72. The fourth-order valence-corrected chi connectivity index (χ4v) is 1.32. The molecule has 0 N–H and O–H groups in total. The summed E-state index contributed by atoms with van der Waals surface area (Å²) in [6, 6.07) is 0. The highest BCUT2D eigenvalue weighted by Gasteiger charge is 1.98. The van der Waals surface area contributed by atoms with Gasteiger partial charge >= 0.3 is 0 Å². The van der Waals surface area contributed by atoms with Crippen LogP contribution in [0.15, 0.2) is 17.3 Å². The number of hydrogen-bond donors (Lipinski definition) is 0. The molecule has 1 atom stereocenters. The molecule has 0 saturated heterocycles. The Hall–Kier alpha value is -0.340. The molecular formula is C8H10ClNS. The van der Waals surface area contributed by atoms with Crippen LogP contribution >= 0.6 is 22.9 Å². The number of aromatic nitrogens is 1. The maximum Gasteiger partial charge on any atom is 0.0797 e. The molecule has 0 fully saturated rings. The molecule has 1 aromatic rings. The van der Waals surface area contributed by atoms with Crippen LogP contribution in [0.2, 0.25) is 0 Å². The fourth-order valence-electron chi connectivity index (χ4n) is 0.636. The fraction of sp³-hybridized carbons (Fsp3) is 0.375. The van der Waals surface area contributed by atoms with Crippen LogP contribution in [-0.4, -0.2) is 10.4 Å². The van der Waals surface area contributed by atoms with E-state index in [9.17, 15) is 0 Å². The van der Waals surface area contributed by atoms with Crippen molar-refractivity contribution < 1.29 is 0 Å². The number of allylic oxidation sites excluding steroid dienone is 1. The molecule has 0 saturated carbocycles. The molecule has 1 unspecified atom stereocenters. The molecule has 3 heteroatoms. The van der Waals surface area contributed by atoms with E-state index in [-0.39, 0.29) is 5.38 Å². The quantitative estimate of drug-likeness (QED) is 0.649. The highest BCUT2D eigenvalue weighted by Crippen LogP contribution is 2.15. The Kier molecular flexibility index (Phi) is 3.09. The van der Waals surface area contributed by atoms with Crippen LogP contribution in [0.3, 0.4) is 0 Å². The Morgan fingerprint density at radius 3 is 3.00 bits per heavy atom. The van der Waals surface area contributed by atoms with Gasteiger partial charge in [-0.2, -0.15) is 0 Å². The van der Waals surface area contributed by atoms with Crippen molar-refractivity contribution in [1.29, 1.82) is 0 Å². The molecule has 1 nitrogen and oxygen atoms in total. The lowest BCUT2D eigenvalue weighted by Gasteiger charge is -1.99. The van der Waals surface area contributed by atoms with Gasteiger partial charge in [-0.05, 0) is 19.9 Å². The van der Waals surface area contributed by atoms with Gasteiger partial charge in [0.15, 0.2) is 0 Å². The van der Waals surface area contributed by atoms with Crippen LogP contribution in [0.5, 0.6) is 0 Å². The molecule has 1 heterocycles. The number of nitrogens with zero attached hydrogens (tertiary/aromatic N) is 1. The van der Waals surface area contributed by atoms with Gasteiger partial charge < -0.3 is 0 Å². The molecule has 0 aliphatic rings. The minimum absolute atomic E-state index is 0.108. The Labute approximate surface area is 75.7 Å². The van der Waals surface area contributed by atoms with Gasteiger partial charge in [0.25, 0.3) is 0 Å². The van der Waals surface area contributed by atoms with E-state index in [2.05, 4.69) is 11.1 Å². The zero-order valence-corrected chi connectivity index (χ0v) is 8.12. The number of alkyl halides is 1. The van der Waals surface area contributed by atoms with Crippen molar-refractivity contribution >= 4 is 29.0 Å². The zero-order valence-electron chi connectivity index (χ0n) is 6.54.